The van der Waals surface area contributed by atoms with E-state index in [1.165, 1.54) is 0 Å². The van der Waals surface area contributed by atoms with E-state index in [4.69, 9.17) is 9.47 Å². The van der Waals surface area contributed by atoms with E-state index in [0.29, 0.717) is 13.2 Å². The zero-order chi connectivity index (χ0) is 13.0. The molecule has 2 rings (SSSR count). The van der Waals surface area contributed by atoms with Crippen molar-refractivity contribution >= 4 is 5.91 Å². The zero-order valence-electron chi connectivity index (χ0n) is 11.4. The number of morpholine rings is 1. The van der Waals surface area contributed by atoms with Gasteiger partial charge in [0.2, 0.25) is 5.91 Å². The molecule has 18 heavy (non-hydrogen) atoms. The molecule has 1 unspecified atom stereocenters. The number of carbonyl (C=O) groups excluding carboxylic acids is 1. The molecule has 1 atom stereocenters. The highest BCUT2D eigenvalue weighted by atomic mass is 16.5. The third-order valence-corrected chi connectivity index (χ3v) is 3.72. The van der Waals surface area contributed by atoms with Crippen LogP contribution in [0.5, 0.6) is 0 Å². The van der Waals surface area contributed by atoms with Crippen molar-refractivity contribution < 1.29 is 14.3 Å². The van der Waals surface area contributed by atoms with Gasteiger partial charge in [0.25, 0.3) is 0 Å². The molecule has 5 nitrogen and oxygen atoms in total. The first kappa shape index (κ1) is 13.8. The molecule has 2 aliphatic heterocycles. The molecular weight excluding hydrogens is 232 g/mol. The molecule has 2 heterocycles. The van der Waals surface area contributed by atoms with Gasteiger partial charge in [0.1, 0.15) is 6.10 Å². The normalized spacial score (nSPS) is 28.2. The third kappa shape index (κ3) is 3.43. The molecule has 0 aromatic heterocycles. The zero-order valence-corrected chi connectivity index (χ0v) is 11.4. The van der Waals surface area contributed by atoms with Crippen molar-refractivity contribution in [3.63, 3.8) is 0 Å². The molecule has 0 saturated carbocycles. The lowest BCUT2D eigenvalue weighted by molar-refractivity contribution is -0.130. The fourth-order valence-corrected chi connectivity index (χ4v) is 2.52. The lowest BCUT2D eigenvalue weighted by Crippen LogP contribution is -2.55. The van der Waals surface area contributed by atoms with E-state index in [1.807, 2.05) is 0 Å². The molecular formula is C13H24N2O3. The molecule has 0 aromatic carbocycles. The number of amides is 1. The maximum absolute atomic E-state index is 11.8. The van der Waals surface area contributed by atoms with Gasteiger partial charge in [-0.2, -0.15) is 0 Å². The summed E-state index contributed by atoms with van der Waals surface area (Å²) in [5.41, 5.74) is 0.0623. The largest absolute Gasteiger partial charge is 0.378 e. The van der Waals surface area contributed by atoms with Crippen molar-refractivity contribution in [1.82, 2.24) is 10.2 Å². The van der Waals surface area contributed by atoms with Crippen molar-refractivity contribution in [2.75, 3.05) is 39.5 Å². The van der Waals surface area contributed by atoms with Gasteiger partial charge in [0.15, 0.2) is 0 Å². The lowest BCUT2D eigenvalue weighted by Gasteiger charge is -2.42. The summed E-state index contributed by atoms with van der Waals surface area (Å²) in [5.74, 6) is 0.0403. The number of nitrogens with one attached hydrogen (secondary N) is 1. The number of rotatable bonds is 4. The fraction of sp³-hybridized carbons (Fsp3) is 0.923. The molecule has 0 aliphatic carbocycles. The molecule has 1 N–H and O–H groups in total. The van der Waals surface area contributed by atoms with Gasteiger partial charge in [-0.15, -0.1) is 0 Å². The van der Waals surface area contributed by atoms with Crippen molar-refractivity contribution in [3.8, 4) is 0 Å². The molecule has 5 heteroatoms. The van der Waals surface area contributed by atoms with Gasteiger partial charge in [-0.1, -0.05) is 0 Å². The first-order valence-electron chi connectivity index (χ1n) is 6.82. The molecule has 2 saturated heterocycles. The first-order chi connectivity index (χ1) is 8.59. The van der Waals surface area contributed by atoms with Crippen LogP contribution in [0, 0.1) is 0 Å². The molecule has 2 fully saturated rings. The van der Waals surface area contributed by atoms with Crippen LogP contribution in [0.2, 0.25) is 0 Å². The van der Waals surface area contributed by atoms with Crippen LogP contribution in [-0.4, -0.2) is 61.9 Å². The molecule has 0 spiro atoms. The lowest BCUT2D eigenvalue weighted by atomic mass is 10.0. The Morgan fingerprint density at radius 1 is 1.44 bits per heavy atom. The number of nitrogens with zero attached hydrogens (tertiary/aromatic N) is 1. The van der Waals surface area contributed by atoms with Crippen LogP contribution in [0.1, 0.15) is 26.7 Å². The summed E-state index contributed by atoms with van der Waals surface area (Å²) in [6.07, 6.45) is 1.63. The van der Waals surface area contributed by atoms with E-state index in [-0.39, 0.29) is 17.6 Å². The van der Waals surface area contributed by atoms with Gasteiger partial charge >= 0.3 is 0 Å². The Labute approximate surface area is 109 Å². The Hall–Kier alpha value is -0.650. The highest BCUT2D eigenvalue weighted by molar-refractivity contribution is 5.80. The van der Waals surface area contributed by atoms with E-state index in [2.05, 4.69) is 24.1 Å². The Morgan fingerprint density at radius 3 is 2.94 bits per heavy atom. The molecule has 104 valence electrons. The maximum atomic E-state index is 11.8. The van der Waals surface area contributed by atoms with Gasteiger partial charge in [-0.25, -0.2) is 0 Å². The predicted octanol–water partition coefficient (Wildman–Crippen LogP) is 0.392. The number of hydrogen-bond acceptors (Lipinski definition) is 4. The second-order valence-corrected chi connectivity index (χ2v) is 5.64. The molecule has 0 radical (unpaired) electrons. The number of hydrogen-bond donors (Lipinski definition) is 1. The number of carbonyl (C=O) groups is 1. The minimum Gasteiger partial charge on any atom is -0.378 e. The standard InChI is InChI=1S/C13H24N2O3/c1-13(2)10-17-9-7-15(13)6-5-14-12(16)11-4-3-8-18-11/h11H,3-10H2,1-2H3,(H,14,16). The summed E-state index contributed by atoms with van der Waals surface area (Å²) < 4.78 is 10.8. The SMILES string of the molecule is CC1(C)COCCN1CCNC(=O)C1CCCO1. The van der Waals surface area contributed by atoms with Crippen molar-refractivity contribution in [2.45, 2.75) is 38.3 Å². The summed E-state index contributed by atoms with van der Waals surface area (Å²) >= 11 is 0. The monoisotopic (exact) mass is 256 g/mol. The van der Waals surface area contributed by atoms with E-state index in [1.54, 1.807) is 0 Å². The van der Waals surface area contributed by atoms with Gasteiger partial charge in [0.05, 0.1) is 13.2 Å². The van der Waals surface area contributed by atoms with Gasteiger partial charge in [0, 0.05) is 31.8 Å². The van der Waals surface area contributed by atoms with E-state index in [0.717, 1.165) is 39.1 Å². The minimum atomic E-state index is -0.220. The topological polar surface area (TPSA) is 50.8 Å². The van der Waals surface area contributed by atoms with Crippen LogP contribution in [-0.2, 0) is 14.3 Å². The molecule has 1 amide bonds. The quantitative estimate of drug-likeness (QED) is 0.790. The maximum Gasteiger partial charge on any atom is 0.249 e. The Balaban J connectivity index is 1.69. The second-order valence-electron chi connectivity index (χ2n) is 5.64. The summed E-state index contributed by atoms with van der Waals surface area (Å²) in [7, 11) is 0. The summed E-state index contributed by atoms with van der Waals surface area (Å²) in [6, 6.07) is 0. The number of ether oxygens (including phenoxy) is 2. The Kier molecular flexibility index (Phi) is 4.59. The molecule has 2 aliphatic rings. The fourth-order valence-electron chi connectivity index (χ4n) is 2.52. The highest BCUT2D eigenvalue weighted by Crippen LogP contribution is 2.18. The Morgan fingerprint density at radius 2 is 2.28 bits per heavy atom. The van der Waals surface area contributed by atoms with Crippen LogP contribution in [0.3, 0.4) is 0 Å². The van der Waals surface area contributed by atoms with Crippen LogP contribution in [0.25, 0.3) is 0 Å². The predicted molar refractivity (Wildman–Crippen MR) is 68.5 cm³/mol. The second kappa shape index (κ2) is 5.99. The third-order valence-electron chi connectivity index (χ3n) is 3.72. The molecule has 0 aromatic rings. The van der Waals surface area contributed by atoms with Crippen molar-refractivity contribution in [1.29, 1.82) is 0 Å². The molecule has 0 bridgehead atoms. The van der Waals surface area contributed by atoms with Crippen molar-refractivity contribution in [2.24, 2.45) is 0 Å². The average molecular weight is 256 g/mol. The minimum absolute atomic E-state index is 0.0403. The van der Waals surface area contributed by atoms with Crippen LogP contribution in [0.15, 0.2) is 0 Å². The van der Waals surface area contributed by atoms with Gasteiger partial charge < -0.3 is 14.8 Å². The first-order valence-corrected chi connectivity index (χ1v) is 6.82. The average Bonchev–Trinajstić information content (AvgIpc) is 2.84. The van der Waals surface area contributed by atoms with E-state index in [9.17, 15) is 4.79 Å². The van der Waals surface area contributed by atoms with Crippen LogP contribution in [0.4, 0.5) is 0 Å². The summed E-state index contributed by atoms with van der Waals surface area (Å²) in [5, 5.41) is 2.96. The van der Waals surface area contributed by atoms with Crippen LogP contribution >= 0.6 is 0 Å². The van der Waals surface area contributed by atoms with E-state index < -0.39 is 0 Å². The van der Waals surface area contributed by atoms with Gasteiger partial charge in [-0.05, 0) is 26.7 Å². The van der Waals surface area contributed by atoms with E-state index >= 15 is 0 Å². The Bertz CT molecular complexity index is 288. The summed E-state index contributed by atoms with van der Waals surface area (Å²) in [6.45, 7) is 9.09. The van der Waals surface area contributed by atoms with Gasteiger partial charge in [-0.3, -0.25) is 9.69 Å². The summed E-state index contributed by atoms with van der Waals surface area (Å²) in [4.78, 5) is 14.1. The van der Waals surface area contributed by atoms with Crippen LogP contribution < -0.4 is 5.32 Å². The smallest absolute Gasteiger partial charge is 0.249 e. The highest BCUT2D eigenvalue weighted by Gasteiger charge is 2.30. The van der Waals surface area contributed by atoms with Crippen molar-refractivity contribution in [3.05, 3.63) is 0 Å².